The first kappa shape index (κ1) is 28.2. The fourth-order valence-electron chi connectivity index (χ4n) is 2.24. The molecular formula is C16H26N6O10. The first-order chi connectivity index (χ1) is 14.8. The molecule has 0 aromatic rings. The number of aliphatic hydroxyl groups excluding tert-OH is 1. The maximum Gasteiger partial charge on any atom is 0.326 e. The topological polar surface area (TPSA) is 294 Å². The fourth-order valence-corrected chi connectivity index (χ4v) is 2.24. The Kier molecular flexibility index (Phi) is 11.9. The standard InChI is InChI=1S/C16H26N6O10/c17-6(5-23)13(28)21-9(4-12(26)27)15(30)22-8(3-11(19)25)14(29)20-7(16(31)32)1-2-10(18)24/h6-9,23H,1-5,17H2,(H2,18,24)(H2,19,25)(H,20,29)(H,21,28)(H,22,30)(H,26,27)(H,31,32). The van der Waals surface area contributed by atoms with Crippen molar-refractivity contribution in [3.8, 4) is 0 Å². The molecule has 0 aliphatic heterocycles. The molecule has 4 atom stereocenters. The third-order valence-electron chi connectivity index (χ3n) is 3.88. The summed E-state index contributed by atoms with van der Waals surface area (Å²) in [7, 11) is 0. The van der Waals surface area contributed by atoms with Crippen molar-refractivity contribution in [2.24, 2.45) is 17.2 Å². The Morgan fingerprint density at radius 1 is 0.719 bits per heavy atom. The molecular weight excluding hydrogens is 436 g/mol. The van der Waals surface area contributed by atoms with Crippen LogP contribution in [0, 0.1) is 0 Å². The highest BCUT2D eigenvalue weighted by atomic mass is 16.4. The summed E-state index contributed by atoms with van der Waals surface area (Å²) in [6.45, 7) is -0.804. The van der Waals surface area contributed by atoms with Crippen LogP contribution in [0.2, 0.25) is 0 Å². The van der Waals surface area contributed by atoms with Crippen LogP contribution in [0.3, 0.4) is 0 Å². The highest BCUT2D eigenvalue weighted by molar-refractivity contribution is 5.97. The summed E-state index contributed by atoms with van der Waals surface area (Å²) in [5.74, 6) is -8.43. The van der Waals surface area contributed by atoms with Crippen LogP contribution >= 0.6 is 0 Å². The predicted octanol–water partition coefficient (Wildman–Crippen LogP) is -5.54. The van der Waals surface area contributed by atoms with E-state index in [1.807, 2.05) is 16.0 Å². The molecule has 4 unspecified atom stereocenters. The Morgan fingerprint density at radius 2 is 1.19 bits per heavy atom. The summed E-state index contributed by atoms with van der Waals surface area (Å²) in [5, 5.41) is 33.0. The lowest BCUT2D eigenvalue weighted by molar-refractivity contribution is -0.143. The number of nitrogens with two attached hydrogens (primary N) is 3. The van der Waals surface area contributed by atoms with Crippen LogP contribution in [0.1, 0.15) is 25.7 Å². The SMILES string of the molecule is NC(=O)CCC(NC(=O)C(CC(N)=O)NC(=O)C(CC(=O)O)NC(=O)C(N)CO)C(=O)O. The lowest BCUT2D eigenvalue weighted by Crippen LogP contribution is -2.58. The molecule has 0 bridgehead atoms. The molecule has 0 aromatic heterocycles. The molecule has 0 heterocycles. The van der Waals surface area contributed by atoms with E-state index in [-0.39, 0.29) is 12.8 Å². The van der Waals surface area contributed by atoms with E-state index in [0.717, 1.165) is 0 Å². The number of nitrogens with one attached hydrogen (secondary N) is 3. The van der Waals surface area contributed by atoms with Gasteiger partial charge in [0.2, 0.25) is 29.5 Å². The van der Waals surface area contributed by atoms with Crippen molar-refractivity contribution in [1.82, 2.24) is 16.0 Å². The van der Waals surface area contributed by atoms with Crippen molar-refractivity contribution in [1.29, 1.82) is 0 Å². The number of aliphatic carboxylic acids is 2. The summed E-state index contributed by atoms with van der Waals surface area (Å²) in [6, 6.07) is -6.56. The molecule has 0 aliphatic rings. The van der Waals surface area contributed by atoms with E-state index in [1.54, 1.807) is 0 Å². The third-order valence-corrected chi connectivity index (χ3v) is 3.88. The van der Waals surface area contributed by atoms with E-state index in [1.165, 1.54) is 0 Å². The molecule has 0 saturated carbocycles. The number of carbonyl (C=O) groups is 7. The number of primary amides is 2. The lowest BCUT2D eigenvalue weighted by Gasteiger charge is -2.23. The van der Waals surface area contributed by atoms with Crippen LogP contribution in [-0.4, -0.2) is 87.6 Å². The fraction of sp³-hybridized carbons (Fsp3) is 0.562. The second-order valence-electron chi connectivity index (χ2n) is 6.58. The van der Waals surface area contributed by atoms with Gasteiger partial charge in [-0.25, -0.2) is 4.79 Å². The Hall–Kier alpha value is -3.79. The molecule has 180 valence electrons. The minimum absolute atomic E-state index is 0.385. The molecule has 0 spiro atoms. The van der Waals surface area contributed by atoms with Crippen LogP contribution in [0.15, 0.2) is 0 Å². The zero-order chi connectivity index (χ0) is 25.0. The van der Waals surface area contributed by atoms with E-state index in [2.05, 4.69) is 0 Å². The van der Waals surface area contributed by atoms with E-state index in [4.69, 9.17) is 32.5 Å². The van der Waals surface area contributed by atoms with Crippen molar-refractivity contribution in [3.63, 3.8) is 0 Å². The van der Waals surface area contributed by atoms with Gasteiger partial charge in [0.25, 0.3) is 0 Å². The van der Waals surface area contributed by atoms with Gasteiger partial charge in [0.05, 0.1) is 19.4 Å². The summed E-state index contributed by atoms with van der Waals surface area (Å²) in [4.78, 5) is 81.1. The first-order valence-electron chi connectivity index (χ1n) is 9.07. The average Bonchev–Trinajstić information content (AvgIpc) is 2.67. The zero-order valence-corrected chi connectivity index (χ0v) is 16.8. The second kappa shape index (κ2) is 13.5. The molecule has 16 heteroatoms. The molecule has 0 fully saturated rings. The number of carboxylic acids is 2. The van der Waals surface area contributed by atoms with Crippen LogP contribution in [0.5, 0.6) is 0 Å². The van der Waals surface area contributed by atoms with Crippen LogP contribution in [0.25, 0.3) is 0 Å². The minimum atomic E-state index is -1.76. The normalized spacial score (nSPS) is 14.2. The van der Waals surface area contributed by atoms with Crippen LogP contribution < -0.4 is 33.2 Å². The molecule has 5 amide bonds. The Morgan fingerprint density at radius 3 is 1.59 bits per heavy atom. The second-order valence-corrected chi connectivity index (χ2v) is 6.58. The summed E-state index contributed by atoms with van der Waals surface area (Å²) >= 11 is 0. The van der Waals surface area contributed by atoms with Crippen LogP contribution in [-0.2, 0) is 33.6 Å². The molecule has 32 heavy (non-hydrogen) atoms. The van der Waals surface area contributed by atoms with Crippen molar-refractivity contribution in [2.45, 2.75) is 49.9 Å². The average molecular weight is 462 g/mol. The van der Waals surface area contributed by atoms with Crippen molar-refractivity contribution in [3.05, 3.63) is 0 Å². The van der Waals surface area contributed by atoms with Gasteiger partial charge in [-0.05, 0) is 6.42 Å². The smallest absolute Gasteiger partial charge is 0.326 e. The molecule has 16 nitrogen and oxygen atoms in total. The minimum Gasteiger partial charge on any atom is -0.481 e. The monoisotopic (exact) mass is 462 g/mol. The number of carbonyl (C=O) groups excluding carboxylic acids is 5. The van der Waals surface area contributed by atoms with Gasteiger partial charge in [-0.15, -0.1) is 0 Å². The Balaban J connectivity index is 5.51. The van der Waals surface area contributed by atoms with Crippen molar-refractivity contribution < 1.29 is 48.9 Å². The molecule has 12 N–H and O–H groups in total. The molecule has 0 radical (unpaired) electrons. The van der Waals surface area contributed by atoms with Gasteiger partial charge in [-0.3, -0.25) is 28.8 Å². The number of carboxylic acid groups (broad SMARTS) is 2. The quantitative estimate of drug-likeness (QED) is 0.110. The number of hydrogen-bond donors (Lipinski definition) is 9. The van der Waals surface area contributed by atoms with Gasteiger partial charge in [0, 0.05) is 6.42 Å². The van der Waals surface area contributed by atoms with E-state index in [9.17, 15) is 33.6 Å². The number of hydrogen-bond acceptors (Lipinski definition) is 9. The zero-order valence-electron chi connectivity index (χ0n) is 16.8. The predicted molar refractivity (Wildman–Crippen MR) is 103 cm³/mol. The molecule has 0 aliphatic carbocycles. The Bertz CT molecular complexity index is 758. The van der Waals surface area contributed by atoms with Gasteiger partial charge < -0.3 is 48.5 Å². The highest BCUT2D eigenvalue weighted by Crippen LogP contribution is 2.02. The molecule has 0 saturated heterocycles. The summed E-state index contributed by atoms with van der Waals surface area (Å²) < 4.78 is 0. The largest absolute Gasteiger partial charge is 0.481 e. The first-order valence-corrected chi connectivity index (χ1v) is 9.07. The maximum absolute atomic E-state index is 12.5. The Labute approximate surface area is 180 Å². The van der Waals surface area contributed by atoms with Crippen molar-refractivity contribution in [2.75, 3.05) is 6.61 Å². The van der Waals surface area contributed by atoms with Gasteiger partial charge in [0.1, 0.15) is 24.2 Å². The van der Waals surface area contributed by atoms with Gasteiger partial charge in [-0.1, -0.05) is 0 Å². The van der Waals surface area contributed by atoms with Crippen molar-refractivity contribution >= 4 is 41.5 Å². The van der Waals surface area contributed by atoms with E-state index >= 15 is 0 Å². The maximum atomic E-state index is 12.5. The third kappa shape index (κ3) is 10.8. The van der Waals surface area contributed by atoms with Gasteiger partial charge in [0.15, 0.2) is 0 Å². The summed E-state index contributed by atoms with van der Waals surface area (Å²) in [6.07, 6.45) is -2.52. The van der Waals surface area contributed by atoms with E-state index < -0.39 is 85.1 Å². The molecule has 0 aromatic carbocycles. The van der Waals surface area contributed by atoms with Crippen LogP contribution in [0.4, 0.5) is 0 Å². The van der Waals surface area contributed by atoms with Gasteiger partial charge in [-0.2, -0.15) is 0 Å². The summed E-state index contributed by atoms with van der Waals surface area (Å²) in [5.41, 5.74) is 15.3. The van der Waals surface area contributed by atoms with Gasteiger partial charge >= 0.3 is 11.9 Å². The number of amides is 5. The van der Waals surface area contributed by atoms with E-state index in [0.29, 0.717) is 0 Å². The lowest BCUT2D eigenvalue weighted by atomic mass is 10.1. The number of rotatable bonds is 15. The molecule has 0 rings (SSSR count). The number of aliphatic hydroxyl groups is 1. The highest BCUT2D eigenvalue weighted by Gasteiger charge is 2.32.